The Balaban J connectivity index is 1.52. The first-order chi connectivity index (χ1) is 15.4. The molecule has 0 bridgehead atoms. The monoisotopic (exact) mass is 458 g/mol. The summed E-state index contributed by atoms with van der Waals surface area (Å²) in [7, 11) is 0. The molecule has 0 radical (unpaired) electrons. The van der Waals surface area contributed by atoms with Gasteiger partial charge in [0.25, 0.3) is 0 Å². The Hall–Kier alpha value is -2.52. The molecule has 9 heteroatoms. The molecule has 1 aliphatic heterocycles. The summed E-state index contributed by atoms with van der Waals surface area (Å²) in [5, 5.41) is 17.4. The molecule has 170 valence electrons. The van der Waals surface area contributed by atoms with Crippen LogP contribution in [0.3, 0.4) is 0 Å². The van der Waals surface area contributed by atoms with Gasteiger partial charge in [-0.15, -0.1) is 0 Å². The Morgan fingerprint density at radius 2 is 2.06 bits per heavy atom. The van der Waals surface area contributed by atoms with Crippen molar-refractivity contribution >= 4 is 30.5 Å². The number of rotatable bonds is 9. The van der Waals surface area contributed by atoms with Crippen molar-refractivity contribution in [1.82, 2.24) is 19.9 Å². The highest BCUT2D eigenvalue weighted by molar-refractivity contribution is 7.81. The average Bonchev–Trinajstić information content (AvgIpc) is 3.52. The third-order valence-electron chi connectivity index (χ3n) is 5.95. The van der Waals surface area contributed by atoms with Crippen LogP contribution >= 0.6 is 12.6 Å². The van der Waals surface area contributed by atoms with E-state index in [4.69, 9.17) is 17.7 Å². The number of Topliss-reactive ketones (excluding diaryl/α,β-unsaturated/α-hetero) is 1. The van der Waals surface area contributed by atoms with E-state index in [1.807, 2.05) is 6.08 Å². The minimum atomic E-state index is -0.843. The third-order valence-corrected chi connectivity index (χ3v) is 6.54. The molecule has 1 aliphatic carbocycles. The van der Waals surface area contributed by atoms with E-state index in [9.17, 15) is 14.0 Å². The summed E-state index contributed by atoms with van der Waals surface area (Å²) in [6, 6.07) is 5.94. The minimum absolute atomic E-state index is 0.0145. The molecule has 2 aromatic rings. The molecule has 2 aliphatic rings. The number of ketones is 1. The number of carbonyl (C=O) groups is 2. The second-order valence-corrected chi connectivity index (χ2v) is 9.08. The lowest BCUT2D eigenvalue weighted by Gasteiger charge is -2.37. The van der Waals surface area contributed by atoms with Gasteiger partial charge in [0.05, 0.1) is 18.8 Å². The fraction of sp³-hybridized carbons (Fsp3) is 0.478. The van der Waals surface area contributed by atoms with Crippen LogP contribution < -0.4 is 0 Å². The largest absolute Gasteiger partial charge is 0.481 e. The molecule has 32 heavy (non-hydrogen) atoms. The Kier molecular flexibility index (Phi) is 7.05. The number of halogens is 1. The van der Waals surface area contributed by atoms with Crippen LogP contribution in [0.15, 0.2) is 36.0 Å². The number of likely N-dealkylation sites (tertiary alicyclic amines) is 1. The number of nitrogens with zero attached hydrogens (tertiary/aromatic N) is 4. The molecule has 2 atom stereocenters. The van der Waals surface area contributed by atoms with Crippen LogP contribution in [-0.2, 0) is 16.1 Å². The van der Waals surface area contributed by atoms with Crippen molar-refractivity contribution in [1.29, 1.82) is 0 Å². The normalized spacial score (nSPS) is 21.6. The number of thiol groups is 1. The van der Waals surface area contributed by atoms with Crippen LogP contribution in [0, 0.1) is 11.7 Å². The number of hydrogen-bond acceptors (Lipinski definition) is 6. The smallest absolute Gasteiger partial charge is 0.303 e. The summed E-state index contributed by atoms with van der Waals surface area (Å²) in [6.45, 7) is 1.58. The predicted octanol–water partition coefficient (Wildman–Crippen LogP) is 3.39. The number of aryl methyl sites for hydroxylation is 1. The van der Waals surface area contributed by atoms with Gasteiger partial charge in [-0.1, -0.05) is 18.2 Å². The Morgan fingerprint density at radius 3 is 2.78 bits per heavy atom. The average molecular weight is 459 g/mol. The number of carboxylic acid groups (broad SMARTS) is 1. The second-order valence-electron chi connectivity index (χ2n) is 8.46. The SMILES string of the molecule is O=C(O)CCCn1ncc(C=C2CN(C(C(=O)C3CC3)c3ccccc3F)CCC2S)n1. The van der Waals surface area contributed by atoms with Crippen molar-refractivity contribution < 1.29 is 19.1 Å². The van der Waals surface area contributed by atoms with Crippen molar-refractivity contribution in [2.75, 3.05) is 13.1 Å². The van der Waals surface area contributed by atoms with E-state index in [0.29, 0.717) is 37.3 Å². The molecule has 2 unspecified atom stereocenters. The lowest BCUT2D eigenvalue weighted by atomic mass is 9.93. The fourth-order valence-corrected chi connectivity index (χ4v) is 4.39. The minimum Gasteiger partial charge on any atom is -0.481 e. The molecule has 7 nitrogen and oxygen atoms in total. The highest BCUT2D eigenvalue weighted by Gasteiger charge is 2.40. The lowest BCUT2D eigenvalue weighted by molar-refractivity contribution is -0.137. The second kappa shape index (κ2) is 9.95. The van der Waals surface area contributed by atoms with Crippen LogP contribution in [0.5, 0.6) is 0 Å². The molecule has 0 amide bonds. The van der Waals surface area contributed by atoms with Crippen LogP contribution in [-0.4, -0.2) is 55.1 Å². The third kappa shape index (κ3) is 5.45. The molecule has 1 aromatic heterocycles. The molecular formula is C23H27FN4O3S. The van der Waals surface area contributed by atoms with Gasteiger partial charge in [-0.3, -0.25) is 14.5 Å². The van der Waals surface area contributed by atoms with E-state index in [1.165, 1.54) is 10.9 Å². The van der Waals surface area contributed by atoms with Crippen molar-refractivity contribution in [3.05, 3.63) is 53.1 Å². The van der Waals surface area contributed by atoms with Gasteiger partial charge in [0.15, 0.2) is 5.78 Å². The van der Waals surface area contributed by atoms with Gasteiger partial charge in [-0.25, -0.2) is 4.39 Å². The summed E-state index contributed by atoms with van der Waals surface area (Å²) < 4.78 is 14.6. The first-order valence-electron chi connectivity index (χ1n) is 10.9. The van der Waals surface area contributed by atoms with Gasteiger partial charge in [0.2, 0.25) is 0 Å². The standard InChI is InChI=1S/C23H27FN4O3S/c24-19-5-2-1-4-18(19)22(23(31)15-7-8-15)27-11-9-20(32)16(14-27)12-17-13-25-28(26-17)10-3-6-21(29)30/h1-2,4-5,12-13,15,20,22,32H,3,6-11,14H2,(H,29,30). The zero-order chi connectivity index (χ0) is 22.7. The highest BCUT2D eigenvalue weighted by Crippen LogP contribution is 2.39. The number of aromatic nitrogens is 3. The molecule has 1 aromatic carbocycles. The maximum absolute atomic E-state index is 14.6. The van der Waals surface area contributed by atoms with Crippen molar-refractivity contribution in [3.63, 3.8) is 0 Å². The lowest BCUT2D eigenvalue weighted by Crippen LogP contribution is -2.42. The molecule has 4 rings (SSSR count). The fourth-order valence-electron chi connectivity index (χ4n) is 4.12. The first-order valence-corrected chi connectivity index (χ1v) is 11.5. The molecule has 1 saturated carbocycles. The summed E-state index contributed by atoms with van der Waals surface area (Å²) in [5.74, 6) is -1.08. The van der Waals surface area contributed by atoms with Gasteiger partial charge in [0, 0.05) is 36.2 Å². The van der Waals surface area contributed by atoms with E-state index in [0.717, 1.165) is 24.8 Å². The van der Waals surface area contributed by atoms with E-state index >= 15 is 0 Å². The van der Waals surface area contributed by atoms with Crippen molar-refractivity contribution in [3.8, 4) is 0 Å². The van der Waals surface area contributed by atoms with E-state index in [-0.39, 0.29) is 29.2 Å². The number of benzene rings is 1. The van der Waals surface area contributed by atoms with Gasteiger partial charge >= 0.3 is 5.97 Å². The highest BCUT2D eigenvalue weighted by atomic mass is 32.1. The molecular weight excluding hydrogens is 431 g/mol. The van der Waals surface area contributed by atoms with Crippen LogP contribution in [0.2, 0.25) is 0 Å². The molecule has 1 saturated heterocycles. The quantitative estimate of drug-likeness (QED) is 0.560. The molecule has 2 heterocycles. The van der Waals surface area contributed by atoms with E-state index < -0.39 is 12.0 Å². The van der Waals surface area contributed by atoms with Gasteiger partial charge in [-0.05, 0) is 43.4 Å². The Morgan fingerprint density at radius 1 is 1.28 bits per heavy atom. The van der Waals surface area contributed by atoms with Crippen molar-refractivity contribution in [2.24, 2.45) is 5.92 Å². The molecule has 0 spiro atoms. The number of carbonyl (C=O) groups excluding carboxylic acids is 1. The topological polar surface area (TPSA) is 88.3 Å². The molecule has 2 fully saturated rings. The summed E-state index contributed by atoms with van der Waals surface area (Å²) in [5.41, 5.74) is 2.10. The summed E-state index contributed by atoms with van der Waals surface area (Å²) in [6.07, 6.45) is 6.57. The van der Waals surface area contributed by atoms with Gasteiger partial charge < -0.3 is 5.11 Å². The maximum atomic E-state index is 14.6. The number of aliphatic carboxylic acids is 1. The Bertz CT molecular complexity index is 1020. The zero-order valence-corrected chi connectivity index (χ0v) is 18.6. The zero-order valence-electron chi connectivity index (χ0n) is 17.7. The number of hydrogen-bond donors (Lipinski definition) is 2. The summed E-state index contributed by atoms with van der Waals surface area (Å²) in [4.78, 5) is 27.4. The Labute approximate surface area is 191 Å². The summed E-state index contributed by atoms with van der Waals surface area (Å²) >= 11 is 4.72. The molecule has 1 N–H and O–H groups in total. The maximum Gasteiger partial charge on any atom is 0.303 e. The van der Waals surface area contributed by atoms with E-state index in [1.54, 1.807) is 24.4 Å². The number of piperidine rings is 1. The van der Waals surface area contributed by atoms with Crippen LogP contribution in [0.1, 0.15) is 49.4 Å². The predicted molar refractivity (Wildman–Crippen MR) is 121 cm³/mol. The van der Waals surface area contributed by atoms with Crippen LogP contribution in [0.25, 0.3) is 6.08 Å². The van der Waals surface area contributed by atoms with Gasteiger partial charge in [0.1, 0.15) is 11.5 Å². The van der Waals surface area contributed by atoms with Crippen molar-refractivity contribution in [2.45, 2.75) is 49.9 Å². The van der Waals surface area contributed by atoms with E-state index in [2.05, 4.69) is 15.1 Å². The van der Waals surface area contributed by atoms with Crippen LogP contribution in [0.4, 0.5) is 4.39 Å². The first kappa shape index (κ1) is 22.7. The van der Waals surface area contributed by atoms with Gasteiger partial charge in [-0.2, -0.15) is 27.6 Å². The number of carboxylic acids is 1.